The molecular formula is C18H22N4O2. The predicted octanol–water partition coefficient (Wildman–Crippen LogP) is 2.82. The van der Waals surface area contributed by atoms with E-state index >= 15 is 0 Å². The van der Waals surface area contributed by atoms with E-state index in [9.17, 15) is 9.59 Å². The molecule has 1 heterocycles. The van der Waals surface area contributed by atoms with Gasteiger partial charge < -0.3 is 0 Å². The number of benzene rings is 1. The molecule has 1 aromatic heterocycles. The van der Waals surface area contributed by atoms with Gasteiger partial charge in [0, 0.05) is 29.8 Å². The highest BCUT2D eigenvalue weighted by Crippen LogP contribution is 2.12. The highest BCUT2D eigenvalue weighted by molar-refractivity contribution is 5.98. The summed E-state index contributed by atoms with van der Waals surface area (Å²) >= 11 is 0. The SMILES string of the molecule is Cc1cc(C)nc(NNC(=O)CCC(=O)c2ccc(C)c(C)c2)n1. The number of aryl methyl sites for hydroxylation is 4. The normalized spacial score (nSPS) is 10.3. The molecule has 0 atom stereocenters. The molecule has 0 unspecified atom stereocenters. The smallest absolute Gasteiger partial charge is 0.242 e. The van der Waals surface area contributed by atoms with Crippen LogP contribution < -0.4 is 10.9 Å². The number of nitrogens with one attached hydrogen (secondary N) is 2. The van der Waals surface area contributed by atoms with Gasteiger partial charge in [0.1, 0.15) is 0 Å². The van der Waals surface area contributed by atoms with E-state index in [1.807, 2.05) is 45.9 Å². The number of aromatic nitrogens is 2. The molecule has 0 bridgehead atoms. The lowest BCUT2D eigenvalue weighted by Crippen LogP contribution is -2.30. The van der Waals surface area contributed by atoms with Gasteiger partial charge in [0.2, 0.25) is 11.9 Å². The number of rotatable bonds is 6. The van der Waals surface area contributed by atoms with E-state index in [0.717, 1.165) is 22.5 Å². The first kappa shape index (κ1) is 17.6. The van der Waals surface area contributed by atoms with Crippen molar-refractivity contribution in [3.63, 3.8) is 0 Å². The molecule has 1 amide bonds. The van der Waals surface area contributed by atoms with Gasteiger partial charge in [-0.1, -0.05) is 12.1 Å². The number of hydrogen-bond acceptors (Lipinski definition) is 5. The molecule has 126 valence electrons. The van der Waals surface area contributed by atoms with Crippen molar-refractivity contribution in [1.29, 1.82) is 0 Å². The molecule has 0 saturated carbocycles. The summed E-state index contributed by atoms with van der Waals surface area (Å²) in [6, 6.07) is 7.41. The van der Waals surface area contributed by atoms with Crippen LogP contribution in [-0.2, 0) is 4.79 Å². The van der Waals surface area contributed by atoms with Gasteiger partial charge in [0.15, 0.2) is 5.78 Å². The van der Waals surface area contributed by atoms with Crippen molar-refractivity contribution in [1.82, 2.24) is 15.4 Å². The zero-order chi connectivity index (χ0) is 17.7. The van der Waals surface area contributed by atoms with Crippen LogP contribution in [0.3, 0.4) is 0 Å². The largest absolute Gasteiger partial charge is 0.294 e. The van der Waals surface area contributed by atoms with Gasteiger partial charge in [-0.05, 0) is 51.0 Å². The topological polar surface area (TPSA) is 84.0 Å². The summed E-state index contributed by atoms with van der Waals surface area (Å²) in [4.78, 5) is 32.3. The van der Waals surface area contributed by atoms with Crippen LogP contribution in [0.4, 0.5) is 5.95 Å². The van der Waals surface area contributed by atoms with Crippen molar-refractivity contribution < 1.29 is 9.59 Å². The average Bonchev–Trinajstić information content (AvgIpc) is 2.52. The highest BCUT2D eigenvalue weighted by atomic mass is 16.2. The second-order valence-corrected chi connectivity index (χ2v) is 5.87. The summed E-state index contributed by atoms with van der Waals surface area (Å²) in [5.74, 6) is 0.00665. The number of Topliss-reactive ketones (excluding diaryl/α,β-unsaturated/α-hetero) is 1. The van der Waals surface area contributed by atoms with Crippen LogP contribution >= 0.6 is 0 Å². The predicted molar refractivity (Wildman–Crippen MR) is 92.8 cm³/mol. The monoisotopic (exact) mass is 326 g/mol. The maximum absolute atomic E-state index is 12.2. The second kappa shape index (κ2) is 7.68. The molecule has 2 aromatic rings. The number of carbonyl (C=O) groups excluding carboxylic acids is 2. The van der Waals surface area contributed by atoms with Crippen molar-refractivity contribution in [2.24, 2.45) is 0 Å². The van der Waals surface area contributed by atoms with Crippen LogP contribution in [0, 0.1) is 27.7 Å². The summed E-state index contributed by atoms with van der Waals surface area (Å²) in [6.07, 6.45) is 0.257. The Morgan fingerprint density at radius 1 is 0.917 bits per heavy atom. The van der Waals surface area contributed by atoms with Gasteiger partial charge in [-0.25, -0.2) is 9.97 Å². The maximum atomic E-state index is 12.2. The Morgan fingerprint density at radius 3 is 2.21 bits per heavy atom. The quantitative estimate of drug-likeness (QED) is 0.630. The minimum Gasteiger partial charge on any atom is -0.294 e. The van der Waals surface area contributed by atoms with Crippen LogP contribution in [0.2, 0.25) is 0 Å². The fourth-order valence-electron chi connectivity index (χ4n) is 2.26. The Kier molecular flexibility index (Phi) is 5.63. The number of carbonyl (C=O) groups is 2. The maximum Gasteiger partial charge on any atom is 0.242 e. The van der Waals surface area contributed by atoms with Crippen molar-refractivity contribution in [2.75, 3.05) is 5.43 Å². The van der Waals surface area contributed by atoms with Gasteiger partial charge in [-0.2, -0.15) is 0 Å². The molecule has 0 aliphatic rings. The fourth-order valence-corrected chi connectivity index (χ4v) is 2.26. The highest BCUT2D eigenvalue weighted by Gasteiger charge is 2.10. The first-order chi connectivity index (χ1) is 11.3. The molecule has 2 N–H and O–H groups in total. The van der Waals surface area contributed by atoms with Crippen LogP contribution in [0.15, 0.2) is 24.3 Å². The first-order valence-electron chi connectivity index (χ1n) is 7.83. The number of ketones is 1. The summed E-state index contributed by atoms with van der Waals surface area (Å²) in [6.45, 7) is 7.66. The van der Waals surface area contributed by atoms with Crippen molar-refractivity contribution in [3.8, 4) is 0 Å². The Balaban J connectivity index is 1.84. The summed E-state index contributed by atoms with van der Waals surface area (Å²) in [5, 5.41) is 0. The number of hydrazine groups is 1. The Morgan fingerprint density at radius 2 is 1.58 bits per heavy atom. The average molecular weight is 326 g/mol. The first-order valence-corrected chi connectivity index (χ1v) is 7.83. The standard InChI is InChI=1S/C18H22N4O2/c1-11-5-6-15(9-12(11)2)16(23)7-8-17(24)21-22-18-19-13(3)10-14(4)20-18/h5-6,9-10H,7-8H2,1-4H3,(H,21,24)(H,19,20,22). The fraction of sp³-hybridized carbons (Fsp3) is 0.333. The van der Waals surface area contributed by atoms with Crippen LogP contribution in [-0.4, -0.2) is 21.7 Å². The molecule has 0 spiro atoms. The number of amides is 1. The molecule has 0 fully saturated rings. The van der Waals surface area contributed by atoms with E-state index in [2.05, 4.69) is 20.8 Å². The molecule has 6 heteroatoms. The summed E-state index contributed by atoms with van der Waals surface area (Å²) < 4.78 is 0. The minimum atomic E-state index is -0.282. The molecule has 2 rings (SSSR count). The molecule has 0 radical (unpaired) electrons. The molecule has 0 aliphatic carbocycles. The summed E-state index contributed by atoms with van der Waals surface area (Å²) in [5.41, 5.74) is 9.65. The molecule has 1 aromatic carbocycles. The molecule has 0 aliphatic heterocycles. The Labute approximate surface area is 141 Å². The number of anilines is 1. The Bertz CT molecular complexity index is 751. The third-order valence-corrected chi connectivity index (χ3v) is 3.70. The lowest BCUT2D eigenvalue weighted by Gasteiger charge is -2.08. The van der Waals surface area contributed by atoms with Crippen LogP contribution in [0.25, 0.3) is 0 Å². The van der Waals surface area contributed by atoms with E-state index in [0.29, 0.717) is 11.5 Å². The van der Waals surface area contributed by atoms with E-state index in [1.165, 1.54) is 0 Å². The van der Waals surface area contributed by atoms with E-state index < -0.39 is 0 Å². The van der Waals surface area contributed by atoms with E-state index in [-0.39, 0.29) is 24.5 Å². The zero-order valence-electron chi connectivity index (χ0n) is 14.4. The summed E-state index contributed by atoms with van der Waals surface area (Å²) in [7, 11) is 0. The van der Waals surface area contributed by atoms with Gasteiger partial charge in [0.25, 0.3) is 0 Å². The number of nitrogens with zero attached hydrogens (tertiary/aromatic N) is 2. The second-order valence-electron chi connectivity index (χ2n) is 5.87. The third-order valence-electron chi connectivity index (χ3n) is 3.70. The van der Waals surface area contributed by atoms with Crippen LogP contribution in [0.5, 0.6) is 0 Å². The lowest BCUT2D eigenvalue weighted by molar-refractivity contribution is -0.120. The Hall–Kier alpha value is -2.76. The van der Waals surface area contributed by atoms with E-state index in [4.69, 9.17) is 0 Å². The van der Waals surface area contributed by atoms with Crippen molar-refractivity contribution in [2.45, 2.75) is 40.5 Å². The zero-order valence-corrected chi connectivity index (χ0v) is 14.4. The lowest BCUT2D eigenvalue weighted by atomic mass is 10.0. The van der Waals surface area contributed by atoms with Gasteiger partial charge in [0.05, 0.1) is 0 Å². The van der Waals surface area contributed by atoms with E-state index in [1.54, 1.807) is 6.07 Å². The van der Waals surface area contributed by atoms with Crippen molar-refractivity contribution >= 4 is 17.6 Å². The minimum absolute atomic E-state index is 0.0455. The number of hydrogen-bond donors (Lipinski definition) is 2. The molecule has 24 heavy (non-hydrogen) atoms. The molecular weight excluding hydrogens is 304 g/mol. The molecule has 6 nitrogen and oxygen atoms in total. The van der Waals surface area contributed by atoms with Crippen LogP contribution in [0.1, 0.15) is 45.7 Å². The van der Waals surface area contributed by atoms with Gasteiger partial charge in [-0.3, -0.25) is 20.4 Å². The van der Waals surface area contributed by atoms with Gasteiger partial charge in [-0.15, -0.1) is 0 Å². The third kappa shape index (κ3) is 4.87. The molecule has 0 saturated heterocycles. The van der Waals surface area contributed by atoms with Crippen molar-refractivity contribution in [3.05, 3.63) is 52.3 Å². The van der Waals surface area contributed by atoms with Gasteiger partial charge >= 0.3 is 0 Å².